The molecule has 1 atom stereocenters. The van der Waals surface area contributed by atoms with Gasteiger partial charge in [0.05, 0.1) is 11.0 Å². The molecule has 0 aliphatic rings. The zero-order valence-electron chi connectivity index (χ0n) is 11.8. The summed E-state index contributed by atoms with van der Waals surface area (Å²) >= 11 is 0. The third kappa shape index (κ3) is 4.29. The van der Waals surface area contributed by atoms with Crippen LogP contribution in [0.3, 0.4) is 0 Å². The predicted octanol–water partition coefficient (Wildman–Crippen LogP) is 2.98. The highest BCUT2D eigenvalue weighted by molar-refractivity contribution is 5.47. The summed E-state index contributed by atoms with van der Waals surface area (Å²) in [4.78, 5) is 12.3. The van der Waals surface area contributed by atoms with Gasteiger partial charge in [0.15, 0.2) is 0 Å². The first-order chi connectivity index (χ1) is 10.1. The molecule has 2 rings (SSSR count). The van der Waals surface area contributed by atoms with Crippen molar-refractivity contribution in [3.63, 3.8) is 0 Å². The van der Waals surface area contributed by atoms with Gasteiger partial charge in [-0.2, -0.15) is 0 Å². The van der Waals surface area contributed by atoms with Gasteiger partial charge >= 0.3 is 0 Å². The van der Waals surface area contributed by atoms with Crippen LogP contribution in [0.15, 0.2) is 54.6 Å². The van der Waals surface area contributed by atoms with Crippen molar-refractivity contribution < 1.29 is 10.0 Å². The second-order valence-electron chi connectivity index (χ2n) is 4.99. The fourth-order valence-corrected chi connectivity index (χ4v) is 2.16. The number of anilines is 1. The lowest BCUT2D eigenvalue weighted by Crippen LogP contribution is -2.30. The Morgan fingerprint density at radius 3 is 2.29 bits per heavy atom. The summed E-state index contributed by atoms with van der Waals surface area (Å²) in [7, 11) is 0. The number of nitro groups is 1. The molecule has 5 nitrogen and oxygen atoms in total. The van der Waals surface area contributed by atoms with Crippen molar-refractivity contribution in [3.05, 3.63) is 70.3 Å². The Morgan fingerprint density at radius 1 is 1.14 bits per heavy atom. The van der Waals surface area contributed by atoms with Crippen molar-refractivity contribution in [1.29, 1.82) is 0 Å². The van der Waals surface area contributed by atoms with E-state index in [0.717, 1.165) is 11.3 Å². The monoisotopic (exact) mass is 286 g/mol. The molecule has 0 bridgehead atoms. The molecule has 2 aromatic carbocycles. The maximum Gasteiger partial charge on any atom is 0.269 e. The zero-order valence-corrected chi connectivity index (χ0v) is 11.8. The Kier molecular flexibility index (Phi) is 4.90. The number of non-ortho nitro benzene ring substituents is 1. The van der Waals surface area contributed by atoms with Gasteiger partial charge in [0, 0.05) is 30.9 Å². The maximum atomic E-state index is 10.7. The number of aliphatic hydroxyl groups excluding tert-OH is 1. The van der Waals surface area contributed by atoms with E-state index in [9.17, 15) is 15.2 Å². The Balaban J connectivity index is 2.17. The van der Waals surface area contributed by atoms with E-state index in [2.05, 4.69) is 0 Å². The molecule has 1 N–H and O–H groups in total. The first kappa shape index (κ1) is 15.0. The lowest BCUT2D eigenvalue weighted by Gasteiger charge is -2.26. The molecule has 0 unspecified atom stereocenters. The minimum atomic E-state index is -0.455. The van der Waals surface area contributed by atoms with Crippen LogP contribution >= 0.6 is 0 Å². The molecule has 0 spiro atoms. The molecule has 0 aliphatic heterocycles. The molecule has 0 fully saturated rings. The van der Waals surface area contributed by atoms with E-state index in [4.69, 9.17) is 0 Å². The molecule has 21 heavy (non-hydrogen) atoms. The molecule has 5 heteroatoms. The molecular weight excluding hydrogens is 268 g/mol. The van der Waals surface area contributed by atoms with Crippen LogP contribution in [0.4, 0.5) is 11.4 Å². The van der Waals surface area contributed by atoms with E-state index < -0.39 is 11.0 Å². The number of nitro benzene ring substituents is 1. The number of hydrogen-bond donors (Lipinski definition) is 1. The lowest BCUT2D eigenvalue weighted by molar-refractivity contribution is -0.384. The fourth-order valence-electron chi connectivity index (χ4n) is 2.16. The summed E-state index contributed by atoms with van der Waals surface area (Å²) in [6, 6.07) is 16.3. The molecule has 0 saturated heterocycles. The van der Waals surface area contributed by atoms with E-state index in [1.165, 1.54) is 12.1 Å². The highest BCUT2D eigenvalue weighted by Gasteiger charge is 2.11. The molecule has 0 saturated carbocycles. The lowest BCUT2D eigenvalue weighted by atomic mass is 10.1. The Hall–Kier alpha value is -2.40. The number of benzene rings is 2. The minimum Gasteiger partial charge on any atom is -0.392 e. The highest BCUT2D eigenvalue weighted by atomic mass is 16.6. The van der Waals surface area contributed by atoms with Crippen LogP contribution in [-0.4, -0.2) is 22.7 Å². The molecule has 0 aliphatic carbocycles. The van der Waals surface area contributed by atoms with Crippen molar-refractivity contribution in [2.75, 3.05) is 11.4 Å². The van der Waals surface area contributed by atoms with Crippen LogP contribution in [0, 0.1) is 10.1 Å². The maximum absolute atomic E-state index is 10.7. The Bertz CT molecular complexity index is 582. The fraction of sp³-hybridized carbons (Fsp3) is 0.250. The average molecular weight is 286 g/mol. The van der Waals surface area contributed by atoms with E-state index in [-0.39, 0.29) is 5.69 Å². The van der Waals surface area contributed by atoms with Gasteiger partial charge < -0.3 is 10.0 Å². The van der Waals surface area contributed by atoms with Crippen LogP contribution in [-0.2, 0) is 6.54 Å². The number of hydrogen-bond acceptors (Lipinski definition) is 4. The molecule has 2 aromatic rings. The van der Waals surface area contributed by atoms with Gasteiger partial charge in [-0.1, -0.05) is 30.3 Å². The molecule has 0 radical (unpaired) electrons. The van der Waals surface area contributed by atoms with Gasteiger partial charge in [0.2, 0.25) is 0 Å². The van der Waals surface area contributed by atoms with Crippen molar-refractivity contribution in [2.24, 2.45) is 0 Å². The van der Waals surface area contributed by atoms with Crippen molar-refractivity contribution in [1.82, 2.24) is 0 Å². The second kappa shape index (κ2) is 6.85. The smallest absolute Gasteiger partial charge is 0.269 e. The van der Waals surface area contributed by atoms with Crippen molar-refractivity contribution >= 4 is 11.4 Å². The third-order valence-electron chi connectivity index (χ3n) is 3.13. The van der Waals surface area contributed by atoms with Crippen LogP contribution in [0.1, 0.15) is 12.5 Å². The van der Waals surface area contributed by atoms with Gasteiger partial charge in [-0.25, -0.2) is 0 Å². The first-order valence-electron chi connectivity index (χ1n) is 6.77. The Morgan fingerprint density at radius 2 is 1.76 bits per heavy atom. The SMILES string of the molecule is C[C@H](O)CN(Cc1ccc([N+](=O)[O-])cc1)c1ccccc1. The summed E-state index contributed by atoms with van der Waals surface area (Å²) in [6.07, 6.45) is -0.455. The highest BCUT2D eigenvalue weighted by Crippen LogP contribution is 2.19. The molecular formula is C16H18N2O3. The van der Waals surface area contributed by atoms with Gasteiger partial charge in [-0.3, -0.25) is 10.1 Å². The van der Waals surface area contributed by atoms with E-state index in [0.29, 0.717) is 13.1 Å². The largest absolute Gasteiger partial charge is 0.392 e. The van der Waals surface area contributed by atoms with Gasteiger partial charge in [-0.05, 0) is 24.6 Å². The van der Waals surface area contributed by atoms with Gasteiger partial charge in [-0.15, -0.1) is 0 Å². The van der Waals surface area contributed by atoms with Crippen LogP contribution in [0.2, 0.25) is 0 Å². The number of para-hydroxylation sites is 1. The summed E-state index contributed by atoms with van der Waals surface area (Å²) < 4.78 is 0. The normalized spacial score (nSPS) is 11.9. The first-order valence-corrected chi connectivity index (χ1v) is 6.77. The zero-order chi connectivity index (χ0) is 15.2. The number of rotatable bonds is 6. The molecule has 110 valence electrons. The van der Waals surface area contributed by atoms with Crippen molar-refractivity contribution in [2.45, 2.75) is 19.6 Å². The minimum absolute atomic E-state index is 0.0838. The van der Waals surface area contributed by atoms with Crippen LogP contribution in [0.25, 0.3) is 0 Å². The van der Waals surface area contributed by atoms with Gasteiger partial charge in [0.25, 0.3) is 5.69 Å². The van der Waals surface area contributed by atoms with Crippen molar-refractivity contribution in [3.8, 4) is 0 Å². The standard InChI is InChI=1S/C16H18N2O3/c1-13(19)11-17(15-5-3-2-4-6-15)12-14-7-9-16(10-8-14)18(20)21/h2-10,13,19H,11-12H2,1H3/t13-/m0/s1. The number of nitrogens with zero attached hydrogens (tertiary/aromatic N) is 2. The van der Waals surface area contributed by atoms with Crippen LogP contribution < -0.4 is 4.90 Å². The second-order valence-corrected chi connectivity index (χ2v) is 4.99. The number of aliphatic hydroxyl groups is 1. The quantitative estimate of drug-likeness (QED) is 0.655. The molecule has 0 aromatic heterocycles. The summed E-state index contributed by atoms with van der Waals surface area (Å²) in [5.41, 5.74) is 2.06. The van der Waals surface area contributed by atoms with E-state index >= 15 is 0 Å². The summed E-state index contributed by atoms with van der Waals surface area (Å²) in [6.45, 7) is 2.83. The third-order valence-corrected chi connectivity index (χ3v) is 3.13. The Labute approximate surface area is 123 Å². The summed E-state index contributed by atoms with van der Waals surface area (Å²) in [5, 5.41) is 20.3. The molecule has 0 heterocycles. The topological polar surface area (TPSA) is 66.6 Å². The average Bonchev–Trinajstić information content (AvgIpc) is 2.47. The van der Waals surface area contributed by atoms with Gasteiger partial charge in [0.1, 0.15) is 0 Å². The predicted molar refractivity (Wildman–Crippen MR) is 82.3 cm³/mol. The van der Waals surface area contributed by atoms with Crippen LogP contribution in [0.5, 0.6) is 0 Å². The molecule has 0 amide bonds. The van der Waals surface area contributed by atoms with E-state index in [1.54, 1.807) is 19.1 Å². The summed E-state index contributed by atoms with van der Waals surface area (Å²) in [5.74, 6) is 0. The van der Waals surface area contributed by atoms with E-state index in [1.807, 2.05) is 35.2 Å².